The SMILES string of the molecule is Cc1c(-c2cc3cc(Nc4cc5n(n4)CC(=O)N(C)CC54CC4)ncc3c(C)n2)cncc1N(C(=O)OC(C)(C)C)C(=O)OC(C)(C)C. The zero-order valence-corrected chi connectivity index (χ0v) is 29.0. The van der Waals surface area contributed by atoms with Gasteiger partial charge < -0.3 is 19.7 Å². The number of amides is 3. The summed E-state index contributed by atoms with van der Waals surface area (Å²) in [6, 6.07) is 5.87. The summed E-state index contributed by atoms with van der Waals surface area (Å²) in [7, 11) is 1.85. The fourth-order valence-corrected chi connectivity index (χ4v) is 6.00. The predicted octanol–water partition coefficient (Wildman–Crippen LogP) is 6.43. The highest BCUT2D eigenvalue weighted by atomic mass is 16.6. The van der Waals surface area contributed by atoms with Gasteiger partial charge in [0.15, 0.2) is 5.82 Å². The Morgan fingerprint density at radius 3 is 2.23 bits per heavy atom. The van der Waals surface area contributed by atoms with Gasteiger partial charge in [-0.2, -0.15) is 10.00 Å². The molecule has 48 heavy (non-hydrogen) atoms. The van der Waals surface area contributed by atoms with Crippen LogP contribution in [0.15, 0.2) is 36.8 Å². The summed E-state index contributed by atoms with van der Waals surface area (Å²) in [4.78, 5) is 55.9. The lowest BCUT2D eigenvalue weighted by atomic mass is 10.0. The van der Waals surface area contributed by atoms with E-state index >= 15 is 0 Å². The van der Waals surface area contributed by atoms with Gasteiger partial charge in [0.25, 0.3) is 0 Å². The highest BCUT2D eigenvalue weighted by Gasteiger charge is 2.50. The van der Waals surface area contributed by atoms with Crippen LogP contribution in [-0.2, 0) is 26.2 Å². The zero-order chi connectivity index (χ0) is 34.8. The third kappa shape index (κ3) is 6.54. The second kappa shape index (κ2) is 11.6. The molecule has 0 atom stereocenters. The summed E-state index contributed by atoms with van der Waals surface area (Å²) in [6.45, 7) is 15.0. The van der Waals surface area contributed by atoms with Crippen molar-refractivity contribution in [1.29, 1.82) is 0 Å². The van der Waals surface area contributed by atoms with Gasteiger partial charge in [0.05, 0.1) is 17.6 Å². The Balaban J connectivity index is 1.34. The van der Waals surface area contributed by atoms with Gasteiger partial charge in [0.1, 0.15) is 23.6 Å². The quantitative estimate of drug-likeness (QED) is 0.261. The number of nitrogens with one attached hydrogen (secondary N) is 1. The van der Waals surface area contributed by atoms with Gasteiger partial charge in [0.2, 0.25) is 5.91 Å². The number of ether oxygens (including phenoxy) is 2. The van der Waals surface area contributed by atoms with E-state index in [0.29, 0.717) is 35.0 Å². The van der Waals surface area contributed by atoms with Crippen molar-refractivity contribution in [3.63, 3.8) is 0 Å². The largest absolute Gasteiger partial charge is 0.443 e. The monoisotopic (exact) mass is 654 g/mol. The maximum Gasteiger partial charge on any atom is 0.424 e. The van der Waals surface area contributed by atoms with Crippen molar-refractivity contribution in [2.75, 3.05) is 23.8 Å². The maximum absolute atomic E-state index is 13.4. The van der Waals surface area contributed by atoms with Crippen LogP contribution in [0.4, 0.5) is 26.9 Å². The van der Waals surface area contributed by atoms with Crippen LogP contribution in [0.2, 0.25) is 0 Å². The van der Waals surface area contributed by atoms with Crippen LogP contribution in [0, 0.1) is 13.8 Å². The molecule has 6 rings (SSSR count). The van der Waals surface area contributed by atoms with Crippen molar-refractivity contribution in [2.24, 2.45) is 0 Å². The van der Waals surface area contributed by atoms with E-state index in [0.717, 1.165) is 39.9 Å². The number of carbonyl (C=O) groups is 3. The van der Waals surface area contributed by atoms with Crippen LogP contribution in [0.25, 0.3) is 22.0 Å². The van der Waals surface area contributed by atoms with Gasteiger partial charge in [-0.1, -0.05) is 0 Å². The number of fused-ring (bicyclic) bond motifs is 3. The second-order valence-corrected chi connectivity index (χ2v) is 14.7. The summed E-state index contributed by atoms with van der Waals surface area (Å²) in [6.07, 6.45) is 5.17. The summed E-state index contributed by atoms with van der Waals surface area (Å²) in [5.41, 5.74) is 2.12. The summed E-state index contributed by atoms with van der Waals surface area (Å²) < 4.78 is 13.0. The van der Waals surface area contributed by atoms with Gasteiger partial charge >= 0.3 is 12.2 Å². The Kier molecular flexibility index (Phi) is 7.92. The lowest BCUT2D eigenvalue weighted by molar-refractivity contribution is -0.130. The van der Waals surface area contributed by atoms with Gasteiger partial charge in [-0.25, -0.2) is 14.6 Å². The normalized spacial score (nSPS) is 15.6. The number of hydrogen-bond donors (Lipinski definition) is 1. The van der Waals surface area contributed by atoms with Gasteiger partial charge in [-0.05, 0) is 91.3 Å². The summed E-state index contributed by atoms with van der Waals surface area (Å²) >= 11 is 0. The van der Waals surface area contributed by atoms with Crippen molar-refractivity contribution in [2.45, 2.75) is 91.4 Å². The average Bonchev–Trinajstić information content (AvgIpc) is 3.64. The lowest BCUT2D eigenvalue weighted by Gasteiger charge is -2.29. The summed E-state index contributed by atoms with van der Waals surface area (Å²) in [5, 5.41) is 9.78. The van der Waals surface area contributed by atoms with Crippen molar-refractivity contribution in [3.05, 3.63) is 53.7 Å². The Labute approximate surface area is 279 Å². The average molecular weight is 655 g/mol. The first-order valence-corrected chi connectivity index (χ1v) is 16.0. The van der Waals surface area contributed by atoms with E-state index in [4.69, 9.17) is 19.6 Å². The topological polar surface area (TPSA) is 145 Å². The maximum atomic E-state index is 13.4. The summed E-state index contributed by atoms with van der Waals surface area (Å²) in [5.74, 6) is 1.26. The van der Waals surface area contributed by atoms with Crippen LogP contribution < -0.4 is 10.2 Å². The van der Waals surface area contributed by atoms with Crippen LogP contribution in [0.3, 0.4) is 0 Å². The molecule has 1 fully saturated rings. The molecule has 1 N–H and O–H groups in total. The van der Waals surface area contributed by atoms with Crippen molar-refractivity contribution < 1.29 is 23.9 Å². The highest BCUT2D eigenvalue weighted by Crippen LogP contribution is 2.50. The number of carbonyl (C=O) groups excluding carboxylic acids is 3. The molecule has 0 bridgehead atoms. The van der Waals surface area contributed by atoms with Crippen LogP contribution in [0.5, 0.6) is 0 Å². The molecule has 1 saturated carbocycles. The molecule has 0 aromatic carbocycles. The molecular weight excluding hydrogens is 612 g/mol. The minimum atomic E-state index is -0.871. The molecule has 1 spiro atoms. The molecule has 0 unspecified atom stereocenters. The Hall–Kier alpha value is -5.07. The minimum Gasteiger partial charge on any atom is -0.443 e. The number of anilines is 3. The van der Waals surface area contributed by atoms with E-state index in [1.807, 2.05) is 36.9 Å². The first-order valence-electron chi connectivity index (χ1n) is 16.0. The van der Waals surface area contributed by atoms with E-state index in [9.17, 15) is 14.4 Å². The fraction of sp³-hybridized carbons (Fsp3) is 0.457. The smallest absolute Gasteiger partial charge is 0.424 e. The van der Waals surface area contributed by atoms with Gasteiger partial charge in [-0.15, -0.1) is 0 Å². The molecule has 13 heteroatoms. The number of likely N-dealkylation sites (N-methyl/N-ethyl adjacent to an activating group) is 1. The van der Waals surface area contributed by atoms with Crippen molar-refractivity contribution in [3.8, 4) is 11.3 Å². The molecule has 252 valence electrons. The molecule has 2 aliphatic rings. The number of pyridine rings is 3. The zero-order valence-electron chi connectivity index (χ0n) is 29.0. The molecule has 4 aromatic heterocycles. The van der Waals surface area contributed by atoms with Crippen molar-refractivity contribution >= 4 is 46.2 Å². The first kappa shape index (κ1) is 32.9. The molecule has 1 aliphatic heterocycles. The van der Waals surface area contributed by atoms with Crippen LogP contribution in [-0.4, -0.2) is 72.5 Å². The fourth-order valence-electron chi connectivity index (χ4n) is 6.00. The third-order valence-electron chi connectivity index (χ3n) is 8.45. The standard InChI is InChI=1S/C35H42N8O5/c1-20-23(15-36-17-26(20)43(31(45)47-33(3,4)5)32(46)48-34(6,7)8)25-12-22-13-28(37-16-24(22)21(2)38-25)39-29-14-27-35(10-11-35)19-41(9)30(44)18-42(27)40-29/h12-17H,10-11,18-19H2,1-9H3,(H,37,39,40). The van der Waals surface area contributed by atoms with E-state index in [-0.39, 0.29) is 23.6 Å². The molecule has 0 saturated heterocycles. The molecule has 0 radical (unpaired) electrons. The predicted molar refractivity (Wildman–Crippen MR) is 181 cm³/mol. The lowest BCUT2D eigenvalue weighted by Crippen LogP contribution is -2.44. The number of nitrogens with zero attached hydrogens (tertiary/aromatic N) is 7. The third-order valence-corrected chi connectivity index (χ3v) is 8.45. The second-order valence-electron chi connectivity index (χ2n) is 14.7. The minimum absolute atomic E-state index is 0.0364. The molecule has 3 amide bonds. The Morgan fingerprint density at radius 1 is 0.938 bits per heavy atom. The van der Waals surface area contributed by atoms with E-state index in [1.165, 1.54) is 6.20 Å². The Bertz CT molecular complexity index is 1920. The number of imide groups is 1. The molecule has 5 heterocycles. The number of hydrogen-bond acceptors (Lipinski definition) is 10. The van der Waals surface area contributed by atoms with Crippen molar-refractivity contribution in [1.82, 2.24) is 29.6 Å². The Morgan fingerprint density at radius 2 is 1.60 bits per heavy atom. The van der Waals surface area contributed by atoms with Gasteiger partial charge in [0, 0.05) is 59.8 Å². The molecule has 4 aromatic rings. The van der Waals surface area contributed by atoms with E-state index in [2.05, 4.69) is 15.3 Å². The molecule has 1 aliphatic carbocycles. The number of aromatic nitrogens is 5. The van der Waals surface area contributed by atoms with E-state index in [1.54, 1.807) is 65.8 Å². The van der Waals surface area contributed by atoms with Crippen LogP contribution in [0.1, 0.15) is 71.3 Å². The van der Waals surface area contributed by atoms with Gasteiger partial charge in [-0.3, -0.25) is 19.4 Å². The van der Waals surface area contributed by atoms with Crippen LogP contribution >= 0.6 is 0 Å². The first-order chi connectivity index (χ1) is 22.4. The molecule has 13 nitrogen and oxygen atoms in total. The molecular formula is C35H42N8O5. The number of aryl methyl sites for hydroxylation is 1. The highest BCUT2D eigenvalue weighted by molar-refractivity contribution is 6.10. The number of rotatable bonds is 4. The van der Waals surface area contributed by atoms with E-state index < -0.39 is 23.4 Å².